The van der Waals surface area contributed by atoms with E-state index in [-0.39, 0.29) is 0 Å². The lowest BCUT2D eigenvalue weighted by molar-refractivity contribution is 0.123. The van der Waals surface area contributed by atoms with Crippen LogP contribution in [0.5, 0.6) is 0 Å². The molecule has 0 saturated carbocycles. The zero-order valence-corrected chi connectivity index (χ0v) is 11.8. The highest BCUT2D eigenvalue weighted by Crippen LogP contribution is 2.52. The summed E-state index contributed by atoms with van der Waals surface area (Å²) in [6.45, 7) is 4.28. The van der Waals surface area contributed by atoms with Crippen LogP contribution in [-0.4, -0.2) is 24.0 Å². The van der Waals surface area contributed by atoms with Crippen LogP contribution in [0.3, 0.4) is 0 Å². The molecule has 0 radical (unpaired) electrons. The number of hydrogen-bond donors (Lipinski definition) is 0. The van der Waals surface area contributed by atoms with Gasteiger partial charge in [0, 0.05) is 0 Å². The van der Waals surface area contributed by atoms with E-state index in [1.165, 1.54) is 20.8 Å². The molecular formula is C13H15O5P. The summed E-state index contributed by atoms with van der Waals surface area (Å²) in [6.07, 6.45) is 12.5. The van der Waals surface area contributed by atoms with E-state index in [2.05, 4.69) is 17.8 Å². The fourth-order valence-corrected chi connectivity index (χ4v) is 2.30. The first-order valence-corrected chi connectivity index (χ1v) is 6.89. The molecule has 3 unspecified atom stereocenters. The van der Waals surface area contributed by atoms with Gasteiger partial charge in [-0.25, -0.2) is 9.36 Å². The molecule has 0 spiro atoms. The standard InChI is InChI=1S/C13H15O5P/c1-7-10(4)16-13(14)19(15,17-11(5)8-2)18-12(6)9-3/h1-3,10-12H,4-6H3. The van der Waals surface area contributed by atoms with Gasteiger partial charge in [-0.1, -0.05) is 17.8 Å². The Morgan fingerprint density at radius 1 is 0.947 bits per heavy atom. The minimum absolute atomic E-state index is 0.879. The number of ether oxygens (including phenoxy) is 1. The monoisotopic (exact) mass is 282 g/mol. The zero-order chi connectivity index (χ0) is 15.1. The van der Waals surface area contributed by atoms with Gasteiger partial charge in [0.1, 0.15) is 12.2 Å². The second kappa shape index (κ2) is 7.67. The average Bonchev–Trinajstić information content (AvgIpc) is 2.37. The highest BCUT2D eigenvalue weighted by Gasteiger charge is 2.41. The van der Waals surface area contributed by atoms with Crippen molar-refractivity contribution in [3.05, 3.63) is 0 Å². The molecule has 102 valence electrons. The molecule has 0 aliphatic carbocycles. The average molecular weight is 282 g/mol. The lowest BCUT2D eigenvalue weighted by Crippen LogP contribution is -2.19. The summed E-state index contributed by atoms with van der Waals surface area (Å²) >= 11 is 0. The van der Waals surface area contributed by atoms with Crippen LogP contribution < -0.4 is 0 Å². The van der Waals surface area contributed by atoms with Gasteiger partial charge in [-0.3, -0.25) is 9.05 Å². The third-order valence-corrected chi connectivity index (χ3v) is 3.54. The van der Waals surface area contributed by atoms with Gasteiger partial charge >= 0.3 is 13.3 Å². The minimum Gasteiger partial charge on any atom is -0.440 e. The summed E-state index contributed by atoms with van der Waals surface area (Å²) in [5.74, 6) is 6.47. The van der Waals surface area contributed by atoms with Crippen LogP contribution in [0, 0.1) is 37.0 Å². The van der Waals surface area contributed by atoms with Crippen LogP contribution in [0.2, 0.25) is 0 Å². The maximum absolute atomic E-state index is 12.3. The van der Waals surface area contributed by atoms with Crippen LogP contribution in [0.15, 0.2) is 0 Å². The van der Waals surface area contributed by atoms with E-state index in [1.807, 2.05) is 0 Å². The third-order valence-electron chi connectivity index (χ3n) is 1.80. The third kappa shape index (κ3) is 5.64. The maximum Gasteiger partial charge on any atom is 0.440 e. The number of carbonyl (C=O) groups excluding carboxylic acids is 1. The summed E-state index contributed by atoms with van der Waals surface area (Å²) in [4.78, 5) is 11.8. The number of hydrogen-bond acceptors (Lipinski definition) is 5. The van der Waals surface area contributed by atoms with Crippen LogP contribution in [-0.2, 0) is 18.3 Å². The molecule has 5 nitrogen and oxygen atoms in total. The van der Waals surface area contributed by atoms with E-state index in [0.717, 1.165) is 0 Å². The molecule has 0 bridgehead atoms. The largest absolute Gasteiger partial charge is 0.440 e. The lowest BCUT2D eigenvalue weighted by atomic mass is 10.4. The summed E-state index contributed by atoms with van der Waals surface area (Å²) in [5.41, 5.74) is -1.22. The molecule has 19 heavy (non-hydrogen) atoms. The smallest absolute Gasteiger partial charge is 0.440 e. The Hall–Kier alpha value is -1.70. The predicted molar refractivity (Wildman–Crippen MR) is 71.1 cm³/mol. The molecule has 0 aliphatic rings. The summed E-state index contributed by atoms with van der Waals surface area (Å²) in [5, 5.41) is 0. The summed E-state index contributed by atoms with van der Waals surface area (Å²) in [7, 11) is -4.26. The van der Waals surface area contributed by atoms with Gasteiger partial charge in [0.05, 0.1) is 0 Å². The van der Waals surface area contributed by atoms with Gasteiger partial charge < -0.3 is 4.74 Å². The van der Waals surface area contributed by atoms with Crippen LogP contribution in [0.4, 0.5) is 4.79 Å². The van der Waals surface area contributed by atoms with Gasteiger partial charge in [0.15, 0.2) is 6.10 Å². The Labute approximate surface area is 113 Å². The van der Waals surface area contributed by atoms with Crippen LogP contribution in [0.25, 0.3) is 0 Å². The van der Waals surface area contributed by atoms with Gasteiger partial charge in [-0.15, -0.1) is 19.3 Å². The van der Waals surface area contributed by atoms with Crippen molar-refractivity contribution < 1.29 is 23.1 Å². The van der Waals surface area contributed by atoms with Gasteiger partial charge in [-0.2, -0.15) is 0 Å². The van der Waals surface area contributed by atoms with Crippen molar-refractivity contribution in [2.75, 3.05) is 0 Å². The van der Waals surface area contributed by atoms with Gasteiger partial charge in [0.25, 0.3) is 0 Å². The molecule has 0 rings (SSSR count). The van der Waals surface area contributed by atoms with Crippen molar-refractivity contribution in [3.63, 3.8) is 0 Å². The first-order chi connectivity index (χ1) is 8.78. The first-order valence-electron chi connectivity index (χ1n) is 5.35. The van der Waals surface area contributed by atoms with Crippen molar-refractivity contribution >= 4 is 13.3 Å². The molecule has 0 saturated heterocycles. The molecule has 0 amide bonds. The predicted octanol–water partition coefficient (Wildman–Crippen LogP) is 2.41. The molecule has 0 aromatic carbocycles. The van der Waals surface area contributed by atoms with E-state index in [9.17, 15) is 9.36 Å². The van der Waals surface area contributed by atoms with E-state index in [1.54, 1.807) is 0 Å². The summed E-state index contributed by atoms with van der Waals surface area (Å²) < 4.78 is 26.9. The van der Waals surface area contributed by atoms with Crippen LogP contribution >= 0.6 is 7.60 Å². The molecule has 0 aromatic heterocycles. The molecule has 0 heterocycles. The molecule has 0 N–H and O–H groups in total. The SMILES string of the molecule is C#CC(C)OC(=O)P(=O)(OC(C)C#C)OC(C)C#C. The fraction of sp³-hybridized carbons (Fsp3) is 0.462. The van der Waals surface area contributed by atoms with Crippen LogP contribution in [0.1, 0.15) is 20.8 Å². The lowest BCUT2D eigenvalue weighted by Gasteiger charge is -2.20. The molecular weight excluding hydrogens is 267 g/mol. The Balaban J connectivity index is 5.12. The molecule has 3 atom stereocenters. The van der Waals surface area contributed by atoms with E-state index < -0.39 is 31.6 Å². The Morgan fingerprint density at radius 3 is 1.63 bits per heavy atom. The molecule has 0 aromatic rings. The first kappa shape index (κ1) is 17.3. The topological polar surface area (TPSA) is 61.8 Å². The van der Waals surface area contributed by atoms with Crippen molar-refractivity contribution in [2.45, 2.75) is 39.1 Å². The highest BCUT2D eigenvalue weighted by molar-refractivity contribution is 7.71. The van der Waals surface area contributed by atoms with Crippen molar-refractivity contribution in [1.82, 2.24) is 0 Å². The molecule has 6 heteroatoms. The van der Waals surface area contributed by atoms with E-state index in [0.29, 0.717) is 0 Å². The fourth-order valence-electron chi connectivity index (χ4n) is 0.838. The quantitative estimate of drug-likeness (QED) is 0.553. The van der Waals surface area contributed by atoms with E-state index >= 15 is 0 Å². The van der Waals surface area contributed by atoms with Crippen molar-refractivity contribution in [3.8, 4) is 37.0 Å². The number of terminal acetylenes is 3. The molecule has 0 fully saturated rings. The second-order valence-corrected chi connectivity index (χ2v) is 5.30. The summed E-state index contributed by atoms with van der Waals surface area (Å²) in [6, 6.07) is 0. The van der Waals surface area contributed by atoms with Gasteiger partial charge in [-0.05, 0) is 20.8 Å². The van der Waals surface area contributed by atoms with Crippen molar-refractivity contribution in [1.29, 1.82) is 0 Å². The Bertz CT molecular complexity index is 465. The van der Waals surface area contributed by atoms with Gasteiger partial charge in [0.2, 0.25) is 0 Å². The maximum atomic E-state index is 12.3. The Kier molecular flexibility index (Phi) is 6.99. The zero-order valence-electron chi connectivity index (χ0n) is 11.0. The second-order valence-electron chi connectivity index (χ2n) is 3.52. The normalized spacial score (nSPS) is 17.7. The number of carbonyl (C=O) groups is 1. The number of rotatable bonds is 6. The van der Waals surface area contributed by atoms with Crippen molar-refractivity contribution in [2.24, 2.45) is 0 Å². The molecule has 0 aliphatic heterocycles. The minimum atomic E-state index is -4.26. The highest BCUT2D eigenvalue weighted by atomic mass is 31.2. The Morgan fingerprint density at radius 2 is 1.32 bits per heavy atom. The van der Waals surface area contributed by atoms with E-state index in [4.69, 9.17) is 33.1 Å².